The highest BCUT2D eigenvalue weighted by molar-refractivity contribution is 5.90. The number of piperazine rings is 1. The van der Waals surface area contributed by atoms with Crippen LogP contribution in [0.2, 0.25) is 0 Å². The second-order valence-corrected chi connectivity index (χ2v) is 10.7. The molecule has 3 aromatic rings. The number of carbonyl (C=O) groups is 1. The van der Waals surface area contributed by atoms with Crippen molar-refractivity contribution in [2.24, 2.45) is 0 Å². The summed E-state index contributed by atoms with van der Waals surface area (Å²) in [6.45, 7) is -0.410. The molecule has 0 bridgehead atoms. The highest BCUT2D eigenvalue weighted by Gasteiger charge is 2.41. The number of aliphatic hydroxyl groups is 1. The van der Waals surface area contributed by atoms with E-state index in [4.69, 9.17) is 0 Å². The molecule has 1 saturated carbocycles. The Labute approximate surface area is 229 Å². The fourth-order valence-electron chi connectivity index (χ4n) is 5.43. The van der Waals surface area contributed by atoms with Crippen molar-refractivity contribution in [2.75, 3.05) is 49.5 Å². The Morgan fingerprint density at radius 1 is 1.05 bits per heavy atom. The molecule has 2 N–H and O–H groups in total. The van der Waals surface area contributed by atoms with Crippen LogP contribution in [0.5, 0.6) is 0 Å². The standard InChI is InChI=1S/C25H26F6N8O2/c26-24(27,28)13-36-4-5-38(20(41)12-36)17-10-37(11-17)21-19-9-32-39(16-3-1-2-14(6-16)25(29,30)31)22(19)35-23(34-21)33-15-7-18(40)8-15/h1-3,6,9,15,17-18,40H,4-5,7-8,10-13H2,(H,33,34,35). The van der Waals surface area contributed by atoms with Crippen LogP contribution in [0.4, 0.5) is 38.1 Å². The fraction of sp³-hybridized carbons (Fsp3) is 0.520. The Morgan fingerprint density at radius 3 is 2.46 bits per heavy atom. The van der Waals surface area contributed by atoms with E-state index in [1.54, 1.807) is 4.90 Å². The first-order valence-corrected chi connectivity index (χ1v) is 13.1. The van der Waals surface area contributed by atoms with Crippen LogP contribution in [0.25, 0.3) is 16.7 Å². The van der Waals surface area contributed by atoms with Gasteiger partial charge in [0, 0.05) is 32.2 Å². The number of aliphatic hydroxyl groups excluding tert-OH is 1. The van der Waals surface area contributed by atoms with Crippen LogP contribution in [0, 0.1) is 0 Å². The monoisotopic (exact) mass is 584 g/mol. The maximum absolute atomic E-state index is 13.4. The molecule has 2 aromatic heterocycles. The van der Waals surface area contributed by atoms with Gasteiger partial charge in [-0.05, 0) is 31.0 Å². The molecule has 0 spiro atoms. The third-order valence-corrected chi connectivity index (χ3v) is 7.61. The third-order valence-electron chi connectivity index (χ3n) is 7.61. The van der Waals surface area contributed by atoms with Gasteiger partial charge in [0.25, 0.3) is 0 Å². The highest BCUT2D eigenvalue weighted by Crippen LogP contribution is 2.34. The van der Waals surface area contributed by atoms with Crippen molar-refractivity contribution < 1.29 is 36.2 Å². The summed E-state index contributed by atoms with van der Waals surface area (Å²) in [5.74, 6) is 0.315. The third kappa shape index (κ3) is 5.62. The highest BCUT2D eigenvalue weighted by atomic mass is 19.4. The summed E-state index contributed by atoms with van der Waals surface area (Å²) in [5, 5.41) is 17.6. The summed E-state index contributed by atoms with van der Waals surface area (Å²) in [5.41, 5.74) is -0.398. The average molecular weight is 585 g/mol. The van der Waals surface area contributed by atoms with Crippen LogP contribution in [-0.4, -0.2) is 104 Å². The van der Waals surface area contributed by atoms with Crippen LogP contribution in [0.15, 0.2) is 30.5 Å². The fourth-order valence-corrected chi connectivity index (χ4v) is 5.43. The molecule has 4 heterocycles. The number of nitrogens with one attached hydrogen (secondary N) is 1. The van der Waals surface area contributed by atoms with Crippen molar-refractivity contribution in [2.45, 2.75) is 43.4 Å². The molecule has 16 heteroatoms. The Bertz CT molecular complexity index is 1450. The van der Waals surface area contributed by atoms with Gasteiger partial charge in [0.1, 0.15) is 5.82 Å². The number of halogens is 6. The van der Waals surface area contributed by atoms with Crippen molar-refractivity contribution in [3.63, 3.8) is 0 Å². The molecule has 0 radical (unpaired) electrons. The number of nitrogens with zero attached hydrogens (tertiary/aromatic N) is 7. The van der Waals surface area contributed by atoms with E-state index < -0.39 is 30.6 Å². The van der Waals surface area contributed by atoms with Crippen LogP contribution < -0.4 is 10.2 Å². The van der Waals surface area contributed by atoms with Crippen molar-refractivity contribution in [3.8, 4) is 5.69 Å². The molecule has 2 saturated heterocycles. The molecule has 3 aliphatic rings. The Hall–Kier alpha value is -3.66. The van der Waals surface area contributed by atoms with Gasteiger partial charge in [-0.25, -0.2) is 4.68 Å². The van der Waals surface area contributed by atoms with Crippen LogP contribution in [0.1, 0.15) is 18.4 Å². The molecular formula is C25H26F6N8O2. The number of carbonyl (C=O) groups excluding carboxylic acids is 1. The van der Waals surface area contributed by atoms with E-state index in [1.807, 2.05) is 4.90 Å². The number of alkyl halides is 6. The predicted molar refractivity (Wildman–Crippen MR) is 135 cm³/mol. The minimum absolute atomic E-state index is 0.0741. The quantitative estimate of drug-likeness (QED) is 0.427. The van der Waals surface area contributed by atoms with Crippen molar-refractivity contribution >= 4 is 28.7 Å². The molecule has 2 aliphatic heterocycles. The molecule has 10 nitrogen and oxygen atoms in total. The second-order valence-electron chi connectivity index (χ2n) is 10.7. The van der Waals surface area contributed by atoms with Gasteiger partial charge in [0.2, 0.25) is 11.9 Å². The minimum atomic E-state index is -4.54. The van der Waals surface area contributed by atoms with Gasteiger partial charge in [-0.3, -0.25) is 9.69 Å². The van der Waals surface area contributed by atoms with Gasteiger partial charge in [-0.1, -0.05) is 6.07 Å². The van der Waals surface area contributed by atoms with Crippen LogP contribution >= 0.6 is 0 Å². The van der Waals surface area contributed by atoms with E-state index in [0.717, 1.165) is 17.0 Å². The average Bonchev–Trinajstić information content (AvgIpc) is 3.26. The van der Waals surface area contributed by atoms with Gasteiger partial charge in [0.05, 0.1) is 48.1 Å². The zero-order valence-corrected chi connectivity index (χ0v) is 21.5. The molecular weight excluding hydrogens is 558 g/mol. The first kappa shape index (κ1) is 27.5. The predicted octanol–water partition coefficient (Wildman–Crippen LogP) is 2.66. The first-order chi connectivity index (χ1) is 19.3. The summed E-state index contributed by atoms with van der Waals surface area (Å²) >= 11 is 0. The molecule has 41 heavy (non-hydrogen) atoms. The number of anilines is 2. The summed E-state index contributed by atoms with van der Waals surface area (Å²) in [7, 11) is 0. The van der Waals surface area contributed by atoms with Crippen molar-refractivity contribution in [3.05, 3.63) is 36.0 Å². The maximum Gasteiger partial charge on any atom is 0.416 e. The molecule has 0 unspecified atom stereocenters. The molecule has 1 aliphatic carbocycles. The van der Waals surface area contributed by atoms with Crippen molar-refractivity contribution in [1.82, 2.24) is 29.5 Å². The zero-order valence-electron chi connectivity index (χ0n) is 21.5. The van der Waals surface area contributed by atoms with Gasteiger partial charge < -0.3 is 20.2 Å². The van der Waals surface area contributed by atoms with E-state index in [-0.39, 0.29) is 54.9 Å². The maximum atomic E-state index is 13.4. The van der Waals surface area contributed by atoms with E-state index >= 15 is 0 Å². The summed E-state index contributed by atoms with van der Waals surface area (Å²) < 4.78 is 79.7. The number of rotatable bonds is 6. The molecule has 1 aromatic carbocycles. The molecule has 6 rings (SSSR count). The largest absolute Gasteiger partial charge is 0.416 e. The lowest BCUT2D eigenvalue weighted by Gasteiger charge is -2.48. The smallest absolute Gasteiger partial charge is 0.393 e. The normalized spacial score (nSPS) is 22.7. The molecule has 1 amide bonds. The summed E-state index contributed by atoms with van der Waals surface area (Å²) in [6.07, 6.45) is -6.89. The number of fused-ring (bicyclic) bond motifs is 1. The first-order valence-electron chi connectivity index (χ1n) is 13.1. The van der Waals surface area contributed by atoms with Gasteiger partial charge in [0.15, 0.2) is 5.65 Å². The minimum Gasteiger partial charge on any atom is -0.393 e. The summed E-state index contributed by atoms with van der Waals surface area (Å²) in [6, 6.07) is 4.42. The van der Waals surface area contributed by atoms with E-state index in [9.17, 15) is 36.2 Å². The van der Waals surface area contributed by atoms with Gasteiger partial charge in [-0.2, -0.15) is 41.4 Å². The SMILES string of the molecule is O=C1CN(CC(F)(F)F)CCN1C1CN(c2nc(NC3CC(O)C3)nc3c2cnn3-c2cccc(C(F)(F)F)c2)C1. The Morgan fingerprint density at radius 2 is 1.80 bits per heavy atom. The summed E-state index contributed by atoms with van der Waals surface area (Å²) in [4.78, 5) is 26.4. The number of hydrogen-bond donors (Lipinski definition) is 2. The second kappa shape index (κ2) is 10.0. The topological polar surface area (TPSA) is 103 Å². The lowest BCUT2D eigenvalue weighted by molar-refractivity contribution is -0.159. The number of amides is 1. The lowest BCUT2D eigenvalue weighted by Crippen LogP contribution is -2.65. The van der Waals surface area contributed by atoms with Crippen molar-refractivity contribution in [1.29, 1.82) is 0 Å². The lowest BCUT2D eigenvalue weighted by atomic mass is 9.90. The zero-order chi connectivity index (χ0) is 29.1. The number of aromatic nitrogens is 4. The van der Waals surface area contributed by atoms with Gasteiger partial charge >= 0.3 is 12.4 Å². The molecule has 0 atom stereocenters. The van der Waals surface area contributed by atoms with E-state index in [0.29, 0.717) is 37.1 Å². The number of hydrogen-bond acceptors (Lipinski definition) is 8. The Kier molecular flexibility index (Phi) is 6.71. The van der Waals surface area contributed by atoms with E-state index in [1.165, 1.54) is 23.0 Å². The van der Waals surface area contributed by atoms with Crippen LogP contribution in [0.3, 0.4) is 0 Å². The molecule has 3 fully saturated rings. The van der Waals surface area contributed by atoms with E-state index in [2.05, 4.69) is 20.4 Å². The Balaban J connectivity index is 1.25. The van der Waals surface area contributed by atoms with Gasteiger partial charge in [-0.15, -0.1) is 0 Å². The van der Waals surface area contributed by atoms with Crippen LogP contribution in [-0.2, 0) is 11.0 Å². The number of benzene rings is 1. The molecule has 220 valence electrons.